The van der Waals surface area contributed by atoms with Gasteiger partial charge in [-0.1, -0.05) is 154 Å². The van der Waals surface area contributed by atoms with Crippen LogP contribution in [0.2, 0.25) is 0 Å². The summed E-state index contributed by atoms with van der Waals surface area (Å²) in [6, 6.07) is 14.1. The van der Waals surface area contributed by atoms with E-state index in [1.165, 1.54) is 171 Å². The first-order valence-electron chi connectivity index (χ1n) is 17.3. The van der Waals surface area contributed by atoms with Crippen molar-refractivity contribution in [2.45, 2.75) is 152 Å². The van der Waals surface area contributed by atoms with Gasteiger partial charge in [0, 0.05) is 19.5 Å². The van der Waals surface area contributed by atoms with E-state index < -0.39 is 0 Å². The van der Waals surface area contributed by atoms with E-state index in [0.29, 0.717) is 0 Å². The first-order valence-corrected chi connectivity index (χ1v) is 21.1. The molecular formula is C38H58S4. The predicted molar refractivity (Wildman–Crippen MR) is 198 cm³/mol. The summed E-state index contributed by atoms with van der Waals surface area (Å²) in [4.78, 5) is 5.82. The van der Waals surface area contributed by atoms with E-state index in [2.05, 4.69) is 84.5 Å². The maximum absolute atomic E-state index is 2.35. The van der Waals surface area contributed by atoms with Gasteiger partial charge < -0.3 is 0 Å². The lowest BCUT2D eigenvalue weighted by atomic mass is 10.1. The first kappa shape index (κ1) is 35.8. The van der Waals surface area contributed by atoms with Gasteiger partial charge in [0.25, 0.3) is 0 Å². The predicted octanol–water partition coefficient (Wildman–Crippen LogP) is 15.2. The molecule has 42 heavy (non-hydrogen) atoms. The molecule has 2 aromatic heterocycles. The third-order valence-corrected chi connectivity index (χ3v) is 12.7. The minimum Gasteiger partial charge on any atom is -0.143 e. The molecule has 0 unspecified atom stereocenters. The van der Waals surface area contributed by atoms with Crippen molar-refractivity contribution in [3.8, 4) is 20.9 Å². The van der Waals surface area contributed by atoms with Crippen LogP contribution in [0.1, 0.15) is 142 Å². The van der Waals surface area contributed by atoms with Crippen LogP contribution < -0.4 is 0 Å². The summed E-state index contributed by atoms with van der Waals surface area (Å²) in [6.07, 6.45) is 28.2. The van der Waals surface area contributed by atoms with E-state index in [1.807, 2.05) is 22.7 Å². The van der Waals surface area contributed by atoms with Crippen LogP contribution in [0.4, 0.5) is 0 Å². The normalized spacial score (nSPS) is 11.5. The average molecular weight is 643 g/mol. The van der Waals surface area contributed by atoms with Crippen molar-refractivity contribution in [2.24, 2.45) is 0 Å². The maximum atomic E-state index is 2.35. The smallest absolute Gasteiger partial charge is 0.0478 e. The zero-order valence-electron chi connectivity index (χ0n) is 26.8. The highest BCUT2D eigenvalue weighted by Crippen LogP contribution is 2.40. The zero-order chi connectivity index (χ0) is 29.5. The minimum atomic E-state index is 1.24. The lowest BCUT2D eigenvalue weighted by Gasteiger charge is -2.08. The Morgan fingerprint density at radius 1 is 0.405 bits per heavy atom. The summed E-state index contributed by atoms with van der Waals surface area (Å²) < 4.78 is 0. The number of hydrogen-bond donors (Lipinski definition) is 0. The van der Waals surface area contributed by atoms with Crippen LogP contribution in [0.5, 0.6) is 0 Å². The summed E-state index contributed by atoms with van der Waals surface area (Å²) in [6.45, 7) is 4.60. The van der Waals surface area contributed by atoms with Gasteiger partial charge in [0.15, 0.2) is 0 Å². The molecular weight excluding hydrogens is 585 g/mol. The standard InChI is InChI=1S/C38H58S4/c1-3-5-7-9-11-13-15-17-19-21-29-39-35-27-31-41-37(35)33-23-25-34(26-24-33)38-36(28-32-42-38)40-30-22-20-18-16-14-12-10-8-6-4-2/h23-28,31-32H,3-22,29-30H2,1-2H3. The Hall–Kier alpha value is -0.680. The highest BCUT2D eigenvalue weighted by atomic mass is 32.2. The Labute approximate surface area is 276 Å². The van der Waals surface area contributed by atoms with E-state index >= 15 is 0 Å². The molecule has 0 saturated carbocycles. The summed E-state index contributed by atoms with van der Waals surface area (Å²) in [5.74, 6) is 2.49. The molecule has 0 spiro atoms. The zero-order valence-corrected chi connectivity index (χ0v) is 30.1. The van der Waals surface area contributed by atoms with Crippen molar-refractivity contribution in [2.75, 3.05) is 11.5 Å². The van der Waals surface area contributed by atoms with Crippen molar-refractivity contribution in [1.82, 2.24) is 0 Å². The lowest BCUT2D eigenvalue weighted by molar-refractivity contribution is 0.563. The van der Waals surface area contributed by atoms with Crippen LogP contribution in [-0.2, 0) is 0 Å². The molecule has 3 rings (SSSR count). The van der Waals surface area contributed by atoms with Crippen LogP contribution in [0.25, 0.3) is 20.9 Å². The second-order valence-corrected chi connectivity index (χ2v) is 16.0. The van der Waals surface area contributed by atoms with Gasteiger partial charge in [-0.2, -0.15) is 0 Å². The molecule has 0 radical (unpaired) electrons. The number of unbranched alkanes of at least 4 members (excludes halogenated alkanes) is 18. The Bertz CT molecular complexity index is 948. The molecule has 0 N–H and O–H groups in total. The number of thiophene rings is 2. The fourth-order valence-corrected chi connectivity index (χ4v) is 9.93. The van der Waals surface area contributed by atoms with E-state index in [1.54, 1.807) is 0 Å². The molecule has 0 amide bonds. The molecule has 1 aromatic carbocycles. The lowest BCUT2D eigenvalue weighted by Crippen LogP contribution is -1.85. The fourth-order valence-electron chi connectivity index (χ4n) is 5.56. The number of benzene rings is 1. The number of rotatable bonds is 26. The summed E-state index contributed by atoms with van der Waals surface area (Å²) >= 11 is 7.91. The van der Waals surface area contributed by atoms with Gasteiger partial charge in [-0.3, -0.25) is 0 Å². The van der Waals surface area contributed by atoms with Gasteiger partial charge in [-0.25, -0.2) is 0 Å². The van der Waals surface area contributed by atoms with Gasteiger partial charge in [0.1, 0.15) is 0 Å². The molecule has 4 heteroatoms. The SMILES string of the molecule is CCCCCCCCCCCCSc1ccsc1-c1ccc(-c2sccc2SCCCCCCCCCCCC)cc1. The molecule has 2 heterocycles. The van der Waals surface area contributed by atoms with E-state index in [4.69, 9.17) is 0 Å². The molecule has 0 atom stereocenters. The summed E-state index contributed by atoms with van der Waals surface area (Å²) in [5.41, 5.74) is 2.74. The second kappa shape index (κ2) is 23.7. The van der Waals surface area contributed by atoms with Gasteiger partial charge in [0.2, 0.25) is 0 Å². The highest BCUT2D eigenvalue weighted by molar-refractivity contribution is 7.99. The molecule has 0 bridgehead atoms. The number of hydrogen-bond acceptors (Lipinski definition) is 4. The van der Waals surface area contributed by atoms with Gasteiger partial charge in [0.05, 0.1) is 0 Å². The maximum Gasteiger partial charge on any atom is 0.0478 e. The molecule has 234 valence electrons. The Balaban J connectivity index is 1.33. The van der Waals surface area contributed by atoms with E-state index in [-0.39, 0.29) is 0 Å². The van der Waals surface area contributed by atoms with Crippen LogP contribution in [0, 0.1) is 0 Å². The van der Waals surface area contributed by atoms with Crippen LogP contribution in [0.3, 0.4) is 0 Å². The van der Waals surface area contributed by atoms with Crippen molar-refractivity contribution >= 4 is 46.2 Å². The third kappa shape index (κ3) is 14.4. The van der Waals surface area contributed by atoms with Crippen molar-refractivity contribution in [3.63, 3.8) is 0 Å². The monoisotopic (exact) mass is 642 g/mol. The van der Waals surface area contributed by atoms with Crippen molar-refractivity contribution in [3.05, 3.63) is 47.2 Å². The quantitative estimate of drug-likeness (QED) is 0.0631. The Kier molecular flexibility index (Phi) is 20.2. The molecule has 0 nitrogen and oxygen atoms in total. The van der Waals surface area contributed by atoms with Crippen molar-refractivity contribution in [1.29, 1.82) is 0 Å². The molecule has 3 aromatic rings. The minimum absolute atomic E-state index is 1.24. The molecule has 0 aliphatic heterocycles. The highest BCUT2D eigenvalue weighted by Gasteiger charge is 2.11. The van der Waals surface area contributed by atoms with Gasteiger partial charge in [-0.15, -0.1) is 46.2 Å². The topological polar surface area (TPSA) is 0 Å². The van der Waals surface area contributed by atoms with Crippen molar-refractivity contribution < 1.29 is 0 Å². The molecule has 0 aliphatic carbocycles. The van der Waals surface area contributed by atoms with E-state index in [9.17, 15) is 0 Å². The van der Waals surface area contributed by atoms with Crippen LogP contribution in [-0.4, -0.2) is 11.5 Å². The Morgan fingerprint density at radius 2 is 0.714 bits per heavy atom. The van der Waals surface area contributed by atoms with Crippen LogP contribution in [0.15, 0.2) is 56.9 Å². The van der Waals surface area contributed by atoms with Crippen LogP contribution >= 0.6 is 46.2 Å². The van der Waals surface area contributed by atoms with Gasteiger partial charge in [-0.05, 0) is 58.4 Å². The fraction of sp³-hybridized carbons (Fsp3) is 0.632. The third-order valence-electron chi connectivity index (χ3n) is 8.18. The molecule has 0 aliphatic rings. The van der Waals surface area contributed by atoms with Gasteiger partial charge >= 0.3 is 0 Å². The number of thioether (sulfide) groups is 2. The summed E-state index contributed by atoms with van der Waals surface area (Å²) in [5, 5.41) is 4.54. The summed E-state index contributed by atoms with van der Waals surface area (Å²) in [7, 11) is 0. The van der Waals surface area contributed by atoms with E-state index in [0.717, 1.165) is 0 Å². The molecule has 0 saturated heterocycles. The average Bonchev–Trinajstić information content (AvgIpc) is 3.69. The first-order chi connectivity index (χ1) is 20.8. The molecule has 0 fully saturated rings. The second-order valence-electron chi connectivity index (χ2n) is 11.9. The Morgan fingerprint density at radius 3 is 1.05 bits per heavy atom. The largest absolute Gasteiger partial charge is 0.143 e.